The molecule has 2 nitrogen and oxygen atoms in total. The molecule has 0 saturated heterocycles. The van der Waals surface area contributed by atoms with Crippen molar-refractivity contribution in [3.63, 3.8) is 0 Å². The van der Waals surface area contributed by atoms with E-state index in [1.54, 1.807) is 7.11 Å². The monoisotopic (exact) mass is 197 g/mol. The van der Waals surface area contributed by atoms with Gasteiger partial charge in [-0.25, -0.2) is 0 Å². The van der Waals surface area contributed by atoms with Crippen LogP contribution in [0.3, 0.4) is 0 Å². The normalized spacial score (nSPS) is 15.2. The smallest absolute Gasteiger partial charge is 0.141 e. The number of methoxy groups -OCH3 is 1. The molecule has 70 valence electrons. The summed E-state index contributed by atoms with van der Waals surface area (Å²) in [6, 6.07) is 3.96. The van der Waals surface area contributed by atoms with Gasteiger partial charge in [-0.2, -0.15) is 0 Å². The van der Waals surface area contributed by atoms with Crippen molar-refractivity contribution in [2.24, 2.45) is 0 Å². The molecule has 0 unspecified atom stereocenters. The summed E-state index contributed by atoms with van der Waals surface area (Å²) in [6.45, 7) is 1.92. The maximum atomic E-state index is 6.02. The Kier molecular flexibility index (Phi) is 2.42. The highest BCUT2D eigenvalue weighted by atomic mass is 35.5. The van der Waals surface area contributed by atoms with Crippen LogP contribution in [0.15, 0.2) is 12.1 Å². The van der Waals surface area contributed by atoms with Gasteiger partial charge in [0.15, 0.2) is 0 Å². The summed E-state index contributed by atoms with van der Waals surface area (Å²) in [7, 11) is 1.67. The van der Waals surface area contributed by atoms with E-state index in [9.17, 15) is 0 Å². The zero-order valence-electron chi connectivity index (χ0n) is 7.56. The molecule has 0 spiro atoms. The molecule has 0 aromatic heterocycles. The van der Waals surface area contributed by atoms with E-state index < -0.39 is 0 Å². The van der Waals surface area contributed by atoms with Gasteiger partial charge in [0.1, 0.15) is 5.75 Å². The van der Waals surface area contributed by atoms with E-state index in [2.05, 4.69) is 11.4 Å². The molecular formula is C10H12ClNO. The predicted octanol–water partition coefficient (Wildman–Crippen LogP) is 1.99. The third-order valence-corrected chi connectivity index (χ3v) is 2.68. The van der Waals surface area contributed by atoms with Crippen LogP contribution in [0.4, 0.5) is 0 Å². The standard InChI is InChI=1S/C10H12ClNO/c1-13-10-8-4-5-12-6-7(8)2-3-9(10)11/h2-3,12H,4-6H2,1H3. The Morgan fingerprint density at radius 1 is 1.46 bits per heavy atom. The minimum atomic E-state index is 0.711. The topological polar surface area (TPSA) is 21.3 Å². The number of rotatable bonds is 1. The van der Waals surface area contributed by atoms with Crippen molar-refractivity contribution < 1.29 is 4.74 Å². The second kappa shape index (κ2) is 3.56. The number of fused-ring (bicyclic) bond motifs is 1. The number of ether oxygens (including phenoxy) is 1. The van der Waals surface area contributed by atoms with Crippen LogP contribution in [0.1, 0.15) is 11.1 Å². The lowest BCUT2D eigenvalue weighted by molar-refractivity contribution is 0.406. The number of halogens is 1. The summed E-state index contributed by atoms with van der Waals surface area (Å²) in [4.78, 5) is 0. The second-order valence-electron chi connectivity index (χ2n) is 3.15. The van der Waals surface area contributed by atoms with Crippen molar-refractivity contribution in [1.29, 1.82) is 0 Å². The molecule has 0 bridgehead atoms. The minimum absolute atomic E-state index is 0.711. The fraction of sp³-hybridized carbons (Fsp3) is 0.400. The van der Waals surface area contributed by atoms with E-state index in [1.807, 2.05) is 6.07 Å². The molecule has 1 heterocycles. The van der Waals surface area contributed by atoms with Gasteiger partial charge in [0.25, 0.3) is 0 Å². The first-order valence-corrected chi connectivity index (χ1v) is 4.75. The van der Waals surface area contributed by atoms with Gasteiger partial charge in [-0.1, -0.05) is 17.7 Å². The predicted molar refractivity (Wildman–Crippen MR) is 53.4 cm³/mol. The maximum Gasteiger partial charge on any atom is 0.141 e. The van der Waals surface area contributed by atoms with E-state index in [0.29, 0.717) is 5.02 Å². The van der Waals surface area contributed by atoms with Gasteiger partial charge >= 0.3 is 0 Å². The van der Waals surface area contributed by atoms with E-state index in [0.717, 1.165) is 25.3 Å². The molecule has 1 N–H and O–H groups in total. The summed E-state index contributed by atoms with van der Waals surface area (Å²) in [5.41, 5.74) is 2.56. The molecule has 1 aromatic carbocycles. The lowest BCUT2D eigenvalue weighted by atomic mass is 10.0. The number of hydrogen-bond acceptors (Lipinski definition) is 2. The Morgan fingerprint density at radius 2 is 2.31 bits per heavy atom. The van der Waals surface area contributed by atoms with Crippen LogP contribution >= 0.6 is 11.6 Å². The fourth-order valence-electron chi connectivity index (χ4n) is 1.74. The average Bonchev–Trinajstić information content (AvgIpc) is 2.18. The van der Waals surface area contributed by atoms with Gasteiger partial charge in [0.2, 0.25) is 0 Å². The third-order valence-electron chi connectivity index (χ3n) is 2.38. The Bertz CT molecular complexity index is 325. The fourth-order valence-corrected chi connectivity index (χ4v) is 1.99. The van der Waals surface area contributed by atoms with Gasteiger partial charge in [0.05, 0.1) is 12.1 Å². The SMILES string of the molecule is COc1c(Cl)ccc2c1CCNC2. The van der Waals surface area contributed by atoms with Gasteiger partial charge in [-0.15, -0.1) is 0 Å². The van der Waals surface area contributed by atoms with Crippen molar-refractivity contribution in [2.45, 2.75) is 13.0 Å². The van der Waals surface area contributed by atoms with Gasteiger partial charge in [-0.3, -0.25) is 0 Å². The number of nitrogens with one attached hydrogen (secondary N) is 1. The first-order chi connectivity index (χ1) is 6.33. The highest BCUT2D eigenvalue weighted by Gasteiger charge is 2.15. The molecule has 2 rings (SSSR count). The maximum absolute atomic E-state index is 6.02. The lowest BCUT2D eigenvalue weighted by Crippen LogP contribution is -2.24. The molecule has 0 saturated carbocycles. The van der Waals surface area contributed by atoms with Crippen molar-refractivity contribution in [3.8, 4) is 5.75 Å². The number of benzene rings is 1. The first kappa shape index (κ1) is 8.85. The average molecular weight is 198 g/mol. The summed E-state index contributed by atoms with van der Waals surface area (Å²) < 4.78 is 5.28. The third kappa shape index (κ3) is 1.52. The second-order valence-corrected chi connectivity index (χ2v) is 3.55. The Labute approximate surface area is 82.9 Å². The Hall–Kier alpha value is -0.730. The van der Waals surface area contributed by atoms with Crippen LogP contribution in [0.2, 0.25) is 5.02 Å². The lowest BCUT2D eigenvalue weighted by Gasteiger charge is -2.20. The Balaban J connectivity index is 2.52. The summed E-state index contributed by atoms with van der Waals surface area (Å²) >= 11 is 6.02. The van der Waals surface area contributed by atoms with Crippen LogP contribution in [-0.4, -0.2) is 13.7 Å². The zero-order chi connectivity index (χ0) is 9.26. The van der Waals surface area contributed by atoms with Gasteiger partial charge < -0.3 is 10.1 Å². The van der Waals surface area contributed by atoms with Crippen molar-refractivity contribution in [1.82, 2.24) is 5.32 Å². The first-order valence-electron chi connectivity index (χ1n) is 4.38. The Morgan fingerprint density at radius 3 is 3.08 bits per heavy atom. The zero-order valence-corrected chi connectivity index (χ0v) is 8.32. The molecular weight excluding hydrogens is 186 g/mol. The molecule has 0 amide bonds. The van der Waals surface area contributed by atoms with Crippen LogP contribution in [0.5, 0.6) is 5.75 Å². The minimum Gasteiger partial charge on any atom is -0.495 e. The van der Waals surface area contributed by atoms with Crippen molar-refractivity contribution >= 4 is 11.6 Å². The van der Waals surface area contributed by atoms with Gasteiger partial charge in [0, 0.05) is 12.1 Å². The molecule has 1 aliphatic heterocycles. The van der Waals surface area contributed by atoms with Crippen LogP contribution in [0.25, 0.3) is 0 Å². The van der Waals surface area contributed by atoms with E-state index in [1.165, 1.54) is 11.1 Å². The molecule has 0 atom stereocenters. The van der Waals surface area contributed by atoms with Crippen LogP contribution < -0.4 is 10.1 Å². The van der Waals surface area contributed by atoms with E-state index in [4.69, 9.17) is 16.3 Å². The number of hydrogen-bond donors (Lipinski definition) is 1. The molecule has 1 aromatic rings. The summed E-state index contributed by atoms with van der Waals surface area (Å²) in [6.07, 6.45) is 0.999. The quantitative estimate of drug-likeness (QED) is 0.744. The molecule has 0 aliphatic carbocycles. The molecule has 0 radical (unpaired) electrons. The van der Waals surface area contributed by atoms with Crippen LogP contribution in [0, 0.1) is 0 Å². The summed E-state index contributed by atoms with van der Waals surface area (Å²) in [5, 5.41) is 4.02. The highest BCUT2D eigenvalue weighted by molar-refractivity contribution is 6.32. The van der Waals surface area contributed by atoms with Crippen LogP contribution in [-0.2, 0) is 13.0 Å². The van der Waals surface area contributed by atoms with Gasteiger partial charge in [-0.05, 0) is 24.6 Å². The molecule has 3 heteroatoms. The largest absolute Gasteiger partial charge is 0.495 e. The van der Waals surface area contributed by atoms with Crippen molar-refractivity contribution in [3.05, 3.63) is 28.3 Å². The molecule has 1 aliphatic rings. The van der Waals surface area contributed by atoms with E-state index in [-0.39, 0.29) is 0 Å². The van der Waals surface area contributed by atoms with Crippen molar-refractivity contribution in [2.75, 3.05) is 13.7 Å². The highest BCUT2D eigenvalue weighted by Crippen LogP contribution is 2.32. The van der Waals surface area contributed by atoms with E-state index >= 15 is 0 Å². The molecule has 0 fully saturated rings. The summed E-state index contributed by atoms with van der Waals surface area (Å²) in [5.74, 6) is 0.848. The molecule has 13 heavy (non-hydrogen) atoms.